The number of imide groups is 1. The van der Waals surface area contributed by atoms with Gasteiger partial charge in [0.2, 0.25) is 11.8 Å². The molecule has 1 spiro atoms. The number of nitrogens with zero attached hydrogens (tertiary/aromatic N) is 1. The van der Waals surface area contributed by atoms with Crippen LogP contribution in [0.2, 0.25) is 0 Å². The van der Waals surface area contributed by atoms with Crippen LogP contribution in [-0.4, -0.2) is 27.8 Å². The highest BCUT2D eigenvalue weighted by Gasteiger charge is 2.54. The first-order chi connectivity index (χ1) is 11.1. The zero-order chi connectivity index (χ0) is 16.4. The molecule has 0 aromatic heterocycles. The lowest BCUT2D eigenvalue weighted by Gasteiger charge is -2.28. The molecule has 23 heavy (non-hydrogen) atoms. The third-order valence-electron chi connectivity index (χ3n) is 5.10. The van der Waals surface area contributed by atoms with Gasteiger partial charge in [0.25, 0.3) is 0 Å². The normalized spacial score (nSPS) is 22.2. The molecule has 0 bridgehead atoms. The Morgan fingerprint density at radius 2 is 1.65 bits per heavy atom. The van der Waals surface area contributed by atoms with Gasteiger partial charge in [-0.3, -0.25) is 14.5 Å². The van der Waals surface area contributed by atoms with Crippen molar-refractivity contribution in [2.45, 2.75) is 51.0 Å². The monoisotopic (exact) mass is 315 g/mol. The first-order valence-corrected chi connectivity index (χ1v) is 8.19. The van der Waals surface area contributed by atoms with Crippen LogP contribution in [0.5, 0.6) is 0 Å². The van der Waals surface area contributed by atoms with Crippen molar-refractivity contribution in [1.29, 1.82) is 0 Å². The maximum absolute atomic E-state index is 13.0. The van der Waals surface area contributed by atoms with Crippen molar-refractivity contribution < 1.29 is 19.5 Å². The molecule has 122 valence electrons. The Morgan fingerprint density at radius 1 is 1.04 bits per heavy atom. The quantitative estimate of drug-likeness (QED) is 0.870. The summed E-state index contributed by atoms with van der Waals surface area (Å²) in [5, 5.41) is 9.62. The molecule has 1 N–H and O–H groups in total. The standard InChI is InChI=1S/C18H21NO4/c20-14-12-18(10-6-1-2-7-11-18)17(23)19(14)15(16(21)22)13-8-4-3-5-9-13/h3-5,8-9,15H,1-2,6-7,10-12H2,(H,21,22). The lowest BCUT2D eigenvalue weighted by molar-refractivity contribution is -0.156. The summed E-state index contributed by atoms with van der Waals surface area (Å²) in [5.41, 5.74) is -0.205. The molecule has 2 aliphatic rings. The van der Waals surface area contributed by atoms with Crippen molar-refractivity contribution in [2.24, 2.45) is 5.41 Å². The van der Waals surface area contributed by atoms with Gasteiger partial charge in [-0.2, -0.15) is 0 Å². The maximum Gasteiger partial charge on any atom is 0.331 e. The summed E-state index contributed by atoms with van der Waals surface area (Å²) >= 11 is 0. The van der Waals surface area contributed by atoms with E-state index in [1.165, 1.54) is 0 Å². The molecular weight excluding hydrogens is 294 g/mol. The molecule has 2 fully saturated rings. The highest BCUT2D eigenvalue weighted by Crippen LogP contribution is 2.46. The first-order valence-electron chi connectivity index (χ1n) is 8.19. The van der Waals surface area contributed by atoms with Crippen LogP contribution < -0.4 is 0 Å². The Kier molecular flexibility index (Phi) is 4.20. The zero-order valence-electron chi connectivity index (χ0n) is 13.0. The van der Waals surface area contributed by atoms with E-state index in [1.807, 2.05) is 0 Å². The molecule has 1 saturated heterocycles. The fourth-order valence-electron chi connectivity index (χ4n) is 3.91. The number of rotatable bonds is 3. The second-order valence-electron chi connectivity index (χ2n) is 6.59. The highest BCUT2D eigenvalue weighted by molar-refractivity contribution is 6.08. The van der Waals surface area contributed by atoms with Crippen LogP contribution in [0, 0.1) is 5.41 Å². The van der Waals surface area contributed by atoms with E-state index in [0.717, 1.165) is 30.6 Å². The van der Waals surface area contributed by atoms with Gasteiger partial charge in [-0.1, -0.05) is 56.0 Å². The minimum absolute atomic E-state index is 0.155. The summed E-state index contributed by atoms with van der Waals surface area (Å²) in [6, 6.07) is 7.30. The third kappa shape index (κ3) is 2.76. The Labute approximate surface area is 135 Å². The lowest BCUT2D eigenvalue weighted by Crippen LogP contribution is -2.41. The number of carbonyl (C=O) groups is 3. The van der Waals surface area contributed by atoms with Crippen LogP contribution in [0.1, 0.15) is 56.6 Å². The van der Waals surface area contributed by atoms with Crippen LogP contribution in [0.25, 0.3) is 0 Å². The molecule has 1 atom stereocenters. The number of hydrogen-bond acceptors (Lipinski definition) is 3. The van der Waals surface area contributed by atoms with Crippen LogP contribution in [0.4, 0.5) is 0 Å². The molecule has 1 heterocycles. The van der Waals surface area contributed by atoms with Crippen molar-refractivity contribution in [3.05, 3.63) is 35.9 Å². The zero-order valence-corrected chi connectivity index (χ0v) is 13.0. The highest BCUT2D eigenvalue weighted by atomic mass is 16.4. The topological polar surface area (TPSA) is 74.7 Å². The van der Waals surface area contributed by atoms with Gasteiger partial charge in [-0.25, -0.2) is 4.79 Å². The first kappa shape index (κ1) is 15.7. The van der Waals surface area contributed by atoms with Crippen molar-refractivity contribution in [1.82, 2.24) is 4.90 Å². The summed E-state index contributed by atoms with van der Waals surface area (Å²) in [6.07, 6.45) is 5.53. The van der Waals surface area contributed by atoms with Gasteiger partial charge in [0.15, 0.2) is 6.04 Å². The maximum atomic E-state index is 13.0. The molecule has 1 saturated carbocycles. The van der Waals surface area contributed by atoms with Gasteiger partial charge < -0.3 is 5.11 Å². The average Bonchev–Trinajstić information content (AvgIpc) is 2.71. The molecule has 1 aliphatic carbocycles. The predicted octanol–water partition coefficient (Wildman–Crippen LogP) is 2.91. The molecule has 1 unspecified atom stereocenters. The summed E-state index contributed by atoms with van der Waals surface area (Å²) in [6.45, 7) is 0. The van der Waals surface area contributed by atoms with Gasteiger partial charge >= 0.3 is 5.97 Å². The van der Waals surface area contributed by atoms with Crippen molar-refractivity contribution in [3.8, 4) is 0 Å². The fourth-order valence-corrected chi connectivity index (χ4v) is 3.91. The smallest absolute Gasteiger partial charge is 0.331 e. The van der Waals surface area contributed by atoms with E-state index in [2.05, 4.69) is 0 Å². The Bertz CT molecular complexity index is 617. The number of carbonyl (C=O) groups excluding carboxylic acids is 2. The molecular formula is C18H21NO4. The van der Waals surface area contributed by atoms with Crippen LogP contribution >= 0.6 is 0 Å². The predicted molar refractivity (Wildman–Crippen MR) is 83.4 cm³/mol. The molecule has 5 heteroatoms. The molecule has 1 aliphatic heterocycles. The van der Waals surface area contributed by atoms with E-state index in [4.69, 9.17) is 0 Å². The Hall–Kier alpha value is -2.17. The van der Waals surface area contributed by atoms with Gasteiger partial charge in [0.05, 0.1) is 5.41 Å². The molecule has 1 aromatic carbocycles. The minimum Gasteiger partial charge on any atom is -0.479 e. The molecule has 1 aromatic rings. The largest absolute Gasteiger partial charge is 0.479 e. The number of likely N-dealkylation sites (tertiary alicyclic amines) is 1. The van der Waals surface area contributed by atoms with Crippen molar-refractivity contribution in [3.63, 3.8) is 0 Å². The van der Waals surface area contributed by atoms with Crippen LogP contribution in [0.15, 0.2) is 30.3 Å². The van der Waals surface area contributed by atoms with Crippen molar-refractivity contribution in [2.75, 3.05) is 0 Å². The van der Waals surface area contributed by atoms with E-state index in [9.17, 15) is 19.5 Å². The summed E-state index contributed by atoms with van der Waals surface area (Å²) in [4.78, 5) is 38.3. The van der Waals surface area contributed by atoms with Crippen LogP contribution in [0.3, 0.4) is 0 Å². The third-order valence-corrected chi connectivity index (χ3v) is 5.10. The lowest BCUT2D eigenvalue weighted by atomic mass is 9.79. The van der Waals surface area contributed by atoms with Gasteiger partial charge in [-0.05, 0) is 18.4 Å². The summed E-state index contributed by atoms with van der Waals surface area (Å²) in [7, 11) is 0. The van der Waals surface area contributed by atoms with Crippen LogP contribution in [-0.2, 0) is 14.4 Å². The van der Waals surface area contributed by atoms with E-state index in [0.29, 0.717) is 18.4 Å². The fraction of sp³-hybridized carbons (Fsp3) is 0.500. The second kappa shape index (κ2) is 6.14. The molecule has 5 nitrogen and oxygen atoms in total. The number of hydrogen-bond donors (Lipinski definition) is 1. The summed E-state index contributed by atoms with van der Waals surface area (Å²) in [5.74, 6) is -1.81. The molecule has 2 amide bonds. The second-order valence-corrected chi connectivity index (χ2v) is 6.59. The van der Waals surface area contributed by atoms with E-state index in [-0.39, 0.29) is 18.2 Å². The molecule has 3 rings (SSSR count). The minimum atomic E-state index is -1.22. The Morgan fingerprint density at radius 3 is 2.22 bits per heavy atom. The number of aliphatic carboxylic acids is 1. The van der Waals surface area contributed by atoms with Gasteiger partial charge in [0, 0.05) is 6.42 Å². The average molecular weight is 315 g/mol. The SMILES string of the molecule is O=C(O)C(c1ccccc1)N1C(=O)CC2(CCCCCC2)C1=O. The number of benzene rings is 1. The van der Waals surface area contributed by atoms with Crippen molar-refractivity contribution >= 4 is 17.8 Å². The summed E-state index contributed by atoms with van der Waals surface area (Å²) < 4.78 is 0. The van der Waals surface area contributed by atoms with E-state index >= 15 is 0 Å². The van der Waals surface area contributed by atoms with Gasteiger partial charge in [-0.15, -0.1) is 0 Å². The Balaban J connectivity index is 1.96. The number of carboxylic acid groups (broad SMARTS) is 1. The van der Waals surface area contributed by atoms with E-state index in [1.54, 1.807) is 30.3 Å². The number of amides is 2. The van der Waals surface area contributed by atoms with Gasteiger partial charge in [0.1, 0.15) is 0 Å². The molecule has 0 radical (unpaired) electrons. The van der Waals surface area contributed by atoms with E-state index < -0.39 is 17.4 Å². The number of carboxylic acids is 1.